The number of aliphatic hydroxyl groups excluding tert-OH is 1. The molecule has 4 heteroatoms. The third-order valence-electron chi connectivity index (χ3n) is 2.81. The monoisotopic (exact) mass is 230 g/mol. The second-order valence-corrected chi connectivity index (χ2v) is 4.28. The predicted octanol–water partition coefficient (Wildman–Crippen LogP) is 3.03. The highest BCUT2D eigenvalue weighted by atomic mass is 19.4. The fourth-order valence-corrected chi connectivity index (χ4v) is 1.73. The van der Waals surface area contributed by atoms with Crippen LogP contribution < -0.4 is 0 Å². The normalized spacial score (nSPS) is 18.5. The van der Waals surface area contributed by atoms with E-state index < -0.39 is 12.3 Å². The lowest BCUT2D eigenvalue weighted by molar-refractivity contribution is -0.203. The molecule has 1 atom stereocenters. The molecule has 2 rings (SSSR count). The van der Waals surface area contributed by atoms with Crippen LogP contribution in [0.15, 0.2) is 24.3 Å². The first kappa shape index (κ1) is 11.5. The lowest BCUT2D eigenvalue weighted by Crippen LogP contribution is -2.30. The molecular weight excluding hydrogens is 217 g/mol. The summed E-state index contributed by atoms with van der Waals surface area (Å²) in [7, 11) is 0. The molecule has 0 spiro atoms. The third kappa shape index (κ3) is 2.76. The molecule has 1 aromatic rings. The molecule has 1 saturated carbocycles. The summed E-state index contributed by atoms with van der Waals surface area (Å²) < 4.78 is 36.5. The fraction of sp³-hybridized carbons (Fsp3) is 0.500. The number of halogens is 3. The van der Waals surface area contributed by atoms with Gasteiger partial charge in [-0.1, -0.05) is 24.3 Å². The number of rotatable bonds is 3. The van der Waals surface area contributed by atoms with Crippen molar-refractivity contribution in [3.05, 3.63) is 35.4 Å². The maximum Gasteiger partial charge on any atom is 0.414 e. The summed E-state index contributed by atoms with van der Waals surface area (Å²) in [6, 6.07) is 7.08. The minimum absolute atomic E-state index is 0.357. The second-order valence-electron chi connectivity index (χ2n) is 4.28. The molecule has 0 radical (unpaired) electrons. The van der Waals surface area contributed by atoms with Crippen molar-refractivity contribution in [2.75, 3.05) is 0 Å². The van der Waals surface area contributed by atoms with Crippen molar-refractivity contribution >= 4 is 0 Å². The number of alkyl halides is 3. The Morgan fingerprint density at radius 2 is 2.00 bits per heavy atom. The molecule has 0 heterocycles. The van der Waals surface area contributed by atoms with Gasteiger partial charge in [0.25, 0.3) is 0 Å². The first-order valence-electron chi connectivity index (χ1n) is 5.30. The molecule has 1 aliphatic carbocycles. The molecule has 1 unspecified atom stereocenters. The van der Waals surface area contributed by atoms with Gasteiger partial charge in [0.1, 0.15) is 0 Å². The standard InChI is InChI=1S/C12H13F3O/c13-12(14,15)11(16)7-8-2-1-3-10(6-8)9-4-5-9/h1-3,6,9,11,16H,4-5,7H2. The highest BCUT2D eigenvalue weighted by Crippen LogP contribution is 2.40. The summed E-state index contributed by atoms with van der Waals surface area (Å²) in [6.45, 7) is 0. The molecule has 1 nitrogen and oxygen atoms in total. The van der Waals surface area contributed by atoms with Gasteiger partial charge < -0.3 is 5.11 Å². The summed E-state index contributed by atoms with van der Waals surface area (Å²) in [5, 5.41) is 8.96. The Morgan fingerprint density at radius 3 is 2.56 bits per heavy atom. The summed E-state index contributed by atoms with van der Waals surface area (Å²) in [4.78, 5) is 0. The maximum atomic E-state index is 12.2. The topological polar surface area (TPSA) is 20.2 Å². The van der Waals surface area contributed by atoms with Crippen LogP contribution in [0.4, 0.5) is 13.2 Å². The van der Waals surface area contributed by atoms with Crippen molar-refractivity contribution in [1.29, 1.82) is 0 Å². The average molecular weight is 230 g/mol. The highest BCUT2D eigenvalue weighted by Gasteiger charge is 2.38. The van der Waals surface area contributed by atoms with E-state index in [4.69, 9.17) is 5.11 Å². The van der Waals surface area contributed by atoms with Crippen LogP contribution in [0.2, 0.25) is 0 Å². The molecule has 1 N–H and O–H groups in total. The van der Waals surface area contributed by atoms with Crippen molar-refractivity contribution < 1.29 is 18.3 Å². The Kier molecular flexibility index (Phi) is 2.93. The first-order chi connectivity index (χ1) is 7.47. The third-order valence-corrected chi connectivity index (χ3v) is 2.81. The zero-order valence-electron chi connectivity index (χ0n) is 8.67. The Bertz CT molecular complexity index is 369. The Labute approximate surface area is 91.9 Å². The minimum atomic E-state index is -4.53. The van der Waals surface area contributed by atoms with E-state index in [0.29, 0.717) is 11.5 Å². The number of hydrogen-bond donors (Lipinski definition) is 1. The van der Waals surface area contributed by atoms with Gasteiger partial charge in [0.05, 0.1) is 0 Å². The van der Waals surface area contributed by atoms with Crippen LogP contribution in [-0.2, 0) is 6.42 Å². The van der Waals surface area contributed by atoms with Crippen molar-refractivity contribution in [3.63, 3.8) is 0 Å². The number of hydrogen-bond acceptors (Lipinski definition) is 1. The molecule has 0 saturated heterocycles. The summed E-state index contributed by atoms with van der Waals surface area (Å²) in [6.07, 6.45) is -4.92. The highest BCUT2D eigenvalue weighted by molar-refractivity contribution is 5.29. The minimum Gasteiger partial charge on any atom is -0.383 e. The smallest absolute Gasteiger partial charge is 0.383 e. The Morgan fingerprint density at radius 1 is 1.31 bits per heavy atom. The zero-order chi connectivity index (χ0) is 11.8. The van der Waals surface area contributed by atoms with E-state index in [2.05, 4.69) is 0 Å². The molecular formula is C12H13F3O. The first-order valence-corrected chi connectivity index (χ1v) is 5.30. The van der Waals surface area contributed by atoms with Crippen LogP contribution in [-0.4, -0.2) is 17.4 Å². The fourth-order valence-electron chi connectivity index (χ4n) is 1.73. The van der Waals surface area contributed by atoms with Gasteiger partial charge in [0.2, 0.25) is 0 Å². The summed E-state index contributed by atoms with van der Waals surface area (Å²) >= 11 is 0. The van der Waals surface area contributed by atoms with Crippen molar-refractivity contribution in [3.8, 4) is 0 Å². The lowest BCUT2D eigenvalue weighted by atomic mass is 10.0. The number of benzene rings is 1. The quantitative estimate of drug-likeness (QED) is 0.846. The molecule has 0 amide bonds. The summed E-state index contributed by atoms with van der Waals surface area (Å²) in [5.41, 5.74) is 1.64. The van der Waals surface area contributed by atoms with Gasteiger partial charge in [-0.3, -0.25) is 0 Å². The molecule has 0 bridgehead atoms. The SMILES string of the molecule is OC(Cc1cccc(C2CC2)c1)C(F)(F)F. The molecule has 0 aromatic heterocycles. The molecule has 88 valence electrons. The average Bonchev–Trinajstić information content (AvgIpc) is 2.99. The van der Waals surface area contributed by atoms with Crippen molar-refractivity contribution in [2.45, 2.75) is 37.5 Å². The van der Waals surface area contributed by atoms with Gasteiger partial charge in [0, 0.05) is 6.42 Å². The van der Waals surface area contributed by atoms with Gasteiger partial charge in [-0.2, -0.15) is 13.2 Å². The van der Waals surface area contributed by atoms with Crippen LogP contribution in [0.25, 0.3) is 0 Å². The van der Waals surface area contributed by atoms with Crippen LogP contribution in [0.1, 0.15) is 29.9 Å². The van der Waals surface area contributed by atoms with Gasteiger partial charge in [-0.25, -0.2) is 0 Å². The van der Waals surface area contributed by atoms with Gasteiger partial charge >= 0.3 is 6.18 Å². The van der Waals surface area contributed by atoms with Crippen LogP contribution in [0.5, 0.6) is 0 Å². The van der Waals surface area contributed by atoms with E-state index in [-0.39, 0.29) is 6.42 Å². The number of aliphatic hydroxyl groups is 1. The van der Waals surface area contributed by atoms with Crippen LogP contribution in [0.3, 0.4) is 0 Å². The molecule has 1 aliphatic rings. The maximum absolute atomic E-state index is 12.2. The van der Waals surface area contributed by atoms with Gasteiger partial charge in [-0.05, 0) is 29.9 Å². The van der Waals surface area contributed by atoms with E-state index in [1.165, 1.54) is 0 Å². The second kappa shape index (κ2) is 4.09. The van der Waals surface area contributed by atoms with E-state index in [1.54, 1.807) is 18.2 Å². The molecule has 1 aromatic carbocycles. The van der Waals surface area contributed by atoms with E-state index in [9.17, 15) is 13.2 Å². The van der Waals surface area contributed by atoms with E-state index >= 15 is 0 Å². The largest absolute Gasteiger partial charge is 0.414 e. The molecule has 1 fully saturated rings. The van der Waals surface area contributed by atoms with Crippen molar-refractivity contribution in [1.82, 2.24) is 0 Å². The molecule has 16 heavy (non-hydrogen) atoms. The summed E-state index contributed by atoms with van der Waals surface area (Å²) in [5.74, 6) is 0.517. The van der Waals surface area contributed by atoms with E-state index in [1.807, 2.05) is 6.07 Å². The molecule has 0 aliphatic heterocycles. The van der Waals surface area contributed by atoms with Crippen LogP contribution in [0, 0.1) is 0 Å². The van der Waals surface area contributed by atoms with Gasteiger partial charge in [-0.15, -0.1) is 0 Å². The lowest BCUT2D eigenvalue weighted by Gasteiger charge is -2.14. The van der Waals surface area contributed by atoms with Crippen LogP contribution >= 0.6 is 0 Å². The van der Waals surface area contributed by atoms with E-state index in [0.717, 1.165) is 18.4 Å². The predicted molar refractivity (Wildman–Crippen MR) is 54.2 cm³/mol. The van der Waals surface area contributed by atoms with Crippen molar-refractivity contribution in [2.24, 2.45) is 0 Å². The Hall–Kier alpha value is -1.03. The zero-order valence-corrected chi connectivity index (χ0v) is 8.67. The Balaban J connectivity index is 2.06. The van der Waals surface area contributed by atoms with Gasteiger partial charge in [0.15, 0.2) is 6.10 Å².